The van der Waals surface area contributed by atoms with Gasteiger partial charge in [-0.05, 0) is 0 Å². The summed E-state index contributed by atoms with van der Waals surface area (Å²) in [5.74, 6) is -0.0169. The third-order valence-corrected chi connectivity index (χ3v) is 2.62. The molecule has 1 aromatic carbocycles. The van der Waals surface area contributed by atoms with Gasteiger partial charge in [-0.1, -0.05) is 0 Å². The van der Waals surface area contributed by atoms with Gasteiger partial charge in [-0.25, -0.2) is 0 Å². The van der Waals surface area contributed by atoms with Crippen LogP contribution in [0.1, 0.15) is 0 Å². The second kappa shape index (κ2) is 3.37. The Morgan fingerprint density at radius 1 is 1.08 bits per heavy atom. The number of alkyl halides is 3. The van der Waals surface area contributed by atoms with Crippen LogP contribution in [0.5, 0.6) is 5.75 Å². The summed E-state index contributed by atoms with van der Waals surface area (Å²) in [7, 11) is 0. The van der Waals surface area contributed by atoms with E-state index >= 15 is 0 Å². The van der Waals surface area contributed by atoms with E-state index in [1.165, 1.54) is 24.3 Å². The number of halogens is 3. The Bertz CT molecular complexity index is 254. The number of aromatic hydroxyl groups is 1. The van der Waals surface area contributed by atoms with Crippen LogP contribution in [0.15, 0.2) is 24.3 Å². The van der Waals surface area contributed by atoms with Gasteiger partial charge in [0.25, 0.3) is 0 Å². The first-order valence-corrected chi connectivity index (χ1v) is 4.73. The summed E-state index contributed by atoms with van der Waals surface area (Å²) in [6, 6.07) is 5.07. The fourth-order valence-corrected chi connectivity index (χ4v) is 1.78. The number of phenolic OH excluding ortho intramolecular Hbond substituents is 1. The topological polar surface area (TPSA) is 20.2 Å². The van der Waals surface area contributed by atoms with E-state index in [1.54, 1.807) is 0 Å². The zero-order chi connectivity index (χ0) is 9.19. The van der Waals surface area contributed by atoms with Crippen LogP contribution in [0.4, 0.5) is 13.2 Å². The van der Waals surface area contributed by atoms with Gasteiger partial charge in [0, 0.05) is 0 Å². The van der Waals surface area contributed by atoms with E-state index in [9.17, 15) is 13.2 Å². The summed E-state index contributed by atoms with van der Waals surface area (Å²) < 4.78 is 35.6. The Balaban J connectivity index is 2.71. The van der Waals surface area contributed by atoms with Gasteiger partial charge in [0.1, 0.15) is 0 Å². The molecule has 0 spiro atoms. The van der Waals surface area contributed by atoms with Crippen molar-refractivity contribution in [3.63, 3.8) is 0 Å². The van der Waals surface area contributed by atoms with E-state index in [2.05, 4.69) is 0 Å². The number of hydrogen-bond donors (Lipinski definition) is 1. The van der Waals surface area contributed by atoms with Crippen LogP contribution < -0.4 is 4.46 Å². The molecule has 1 rings (SSSR count). The molecule has 0 saturated carbocycles. The molecule has 0 atom stereocenters. The predicted octanol–water partition coefficient (Wildman–Crippen LogP) is 1.24. The molecule has 1 nitrogen and oxygen atoms in total. The fraction of sp³-hybridized carbons (Fsp3) is 0.143. The van der Waals surface area contributed by atoms with E-state index in [0.717, 1.165) is 0 Å². The zero-order valence-corrected chi connectivity index (χ0v) is 7.51. The minimum absolute atomic E-state index is 0.0169. The van der Waals surface area contributed by atoms with Crippen LogP contribution in [-0.2, 0) is 0 Å². The van der Waals surface area contributed by atoms with Gasteiger partial charge in [0.2, 0.25) is 0 Å². The van der Waals surface area contributed by atoms with Gasteiger partial charge >= 0.3 is 72.8 Å². The first-order valence-electron chi connectivity index (χ1n) is 3.02. The molecule has 0 aromatic heterocycles. The first kappa shape index (κ1) is 9.42. The van der Waals surface area contributed by atoms with Crippen LogP contribution in [0.2, 0.25) is 0 Å². The molecule has 0 unspecified atom stereocenters. The average molecular weight is 241 g/mol. The molecule has 12 heavy (non-hydrogen) atoms. The Hall–Kier alpha value is -0.671. The second-order valence-corrected chi connectivity index (χ2v) is 4.43. The SMILES string of the molecule is Oc1ccc([Se]C(F)(F)F)cc1. The van der Waals surface area contributed by atoms with E-state index < -0.39 is 20.0 Å². The third-order valence-electron chi connectivity index (χ3n) is 1.07. The molecule has 0 fully saturated rings. The van der Waals surface area contributed by atoms with Gasteiger partial charge in [-0.2, -0.15) is 0 Å². The maximum atomic E-state index is 11.8. The molecule has 5 heteroatoms. The van der Waals surface area contributed by atoms with Crippen LogP contribution in [0.3, 0.4) is 0 Å². The number of rotatable bonds is 1. The summed E-state index contributed by atoms with van der Waals surface area (Å²) >= 11 is -1.51. The molecule has 1 aromatic rings. The quantitative estimate of drug-likeness (QED) is 0.733. The van der Waals surface area contributed by atoms with Crippen LogP contribution >= 0.6 is 0 Å². The molecule has 0 aliphatic heterocycles. The molecular weight excluding hydrogens is 236 g/mol. The van der Waals surface area contributed by atoms with Crippen molar-refractivity contribution >= 4 is 19.4 Å². The summed E-state index contributed by atoms with van der Waals surface area (Å²) in [6.07, 6.45) is 0. The summed E-state index contributed by atoms with van der Waals surface area (Å²) in [5, 5.41) is 4.66. The van der Waals surface area contributed by atoms with Gasteiger partial charge < -0.3 is 0 Å². The van der Waals surface area contributed by atoms with Crippen LogP contribution in [-0.4, -0.2) is 25.1 Å². The van der Waals surface area contributed by atoms with Crippen molar-refractivity contribution in [1.82, 2.24) is 0 Å². The number of benzene rings is 1. The molecule has 0 radical (unpaired) electrons. The summed E-state index contributed by atoms with van der Waals surface area (Å²) in [6.45, 7) is 0. The molecule has 66 valence electrons. The average Bonchev–Trinajstić information content (AvgIpc) is 1.91. The maximum absolute atomic E-state index is 11.8. The Kier molecular flexibility index (Phi) is 2.65. The van der Waals surface area contributed by atoms with E-state index in [1.807, 2.05) is 0 Å². The van der Waals surface area contributed by atoms with Crippen LogP contribution in [0, 0.1) is 0 Å². The summed E-state index contributed by atoms with van der Waals surface area (Å²) in [5.41, 5.74) is 0. The van der Waals surface area contributed by atoms with Crippen molar-refractivity contribution in [3.05, 3.63) is 24.3 Å². The second-order valence-electron chi connectivity index (χ2n) is 2.04. The van der Waals surface area contributed by atoms with E-state index in [4.69, 9.17) is 5.11 Å². The minimum atomic E-state index is -4.12. The van der Waals surface area contributed by atoms with Crippen molar-refractivity contribution in [2.75, 3.05) is 0 Å². The third kappa shape index (κ3) is 3.15. The normalized spacial score (nSPS) is 11.6. The standard InChI is InChI=1S/C7H5F3OSe/c8-7(9,10)12-6-3-1-5(11)2-4-6/h1-4,11H. The van der Waals surface area contributed by atoms with Crippen molar-refractivity contribution < 1.29 is 18.3 Å². The van der Waals surface area contributed by atoms with Crippen molar-refractivity contribution in [1.29, 1.82) is 0 Å². The molecular formula is C7H5F3OSe. The zero-order valence-electron chi connectivity index (χ0n) is 5.80. The Morgan fingerprint density at radius 2 is 1.58 bits per heavy atom. The van der Waals surface area contributed by atoms with Gasteiger partial charge in [0.05, 0.1) is 0 Å². The number of hydrogen-bond acceptors (Lipinski definition) is 1. The Morgan fingerprint density at radius 3 is 2.00 bits per heavy atom. The molecule has 0 aliphatic rings. The monoisotopic (exact) mass is 242 g/mol. The van der Waals surface area contributed by atoms with Crippen molar-refractivity contribution in [2.45, 2.75) is 5.07 Å². The van der Waals surface area contributed by atoms with Gasteiger partial charge in [0.15, 0.2) is 0 Å². The molecule has 0 aliphatic carbocycles. The van der Waals surface area contributed by atoms with E-state index in [-0.39, 0.29) is 10.2 Å². The predicted molar refractivity (Wildman–Crippen MR) is 39.5 cm³/mol. The van der Waals surface area contributed by atoms with Gasteiger partial charge in [-0.15, -0.1) is 0 Å². The number of phenols is 1. The van der Waals surface area contributed by atoms with Crippen molar-refractivity contribution in [2.24, 2.45) is 0 Å². The molecule has 1 N–H and O–H groups in total. The van der Waals surface area contributed by atoms with Crippen molar-refractivity contribution in [3.8, 4) is 5.75 Å². The molecule has 0 bridgehead atoms. The Labute approximate surface area is 73.4 Å². The molecule has 0 heterocycles. The molecule has 0 amide bonds. The van der Waals surface area contributed by atoms with Gasteiger partial charge in [-0.3, -0.25) is 0 Å². The van der Waals surface area contributed by atoms with Crippen LogP contribution in [0.25, 0.3) is 0 Å². The first-order chi connectivity index (χ1) is 5.47. The fourth-order valence-electron chi connectivity index (χ4n) is 0.648. The summed E-state index contributed by atoms with van der Waals surface area (Å²) in [4.78, 5) is 0. The van der Waals surface area contributed by atoms with E-state index in [0.29, 0.717) is 0 Å². The molecule has 0 saturated heterocycles.